The molecule has 0 unspecified atom stereocenters. The van der Waals surface area contributed by atoms with Crippen LogP contribution in [0.2, 0.25) is 0 Å². The van der Waals surface area contributed by atoms with Gasteiger partial charge in [0.2, 0.25) is 0 Å². The van der Waals surface area contributed by atoms with Gasteiger partial charge in [0.1, 0.15) is 0 Å². The maximum atomic E-state index is 10.8. The van der Waals surface area contributed by atoms with E-state index in [1.807, 2.05) is 0 Å². The largest absolute Gasteiger partial charge is 0.467 e. The third kappa shape index (κ3) is 2.46. The van der Waals surface area contributed by atoms with Gasteiger partial charge in [-0.05, 0) is 19.3 Å². The van der Waals surface area contributed by atoms with Crippen LogP contribution in [0.15, 0.2) is 0 Å². The van der Waals surface area contributed by atoms with Gasteiger partial charge >= 0.3 is 5.97 Å². The highest BCUT2D eigenvalue weighted by Gasteiger charge is 2.45. The van der Waals surface area contributed by atoms with E-state index >= 15 is 0 Å². The zero-order chi connectivity index (χ0) is 8.97. The SMILES string of the molecule is COC(=O)[C@@H]1O[C@@H]1CCCCO. The maximum absolute atomic E-state index is 10.8. The molecule has 1 rings (SSSR count). The number of carbonyl (C=O) groups is 1. The van der Waals surface area contributed by atoms with Gasteiger partial charge in [-0.2, -0.15) is 0 Å². The van der Waals surface area contributed by atoms with Crippen molar-refractivity contribution >= 4 is 5.97 Å². The van der Waals surface area contributed by atoms with Gasteiger partial charge in [-0.1, -0.05) is 0 Å². The van der Waals surface area contributed by atoms with E-state index in [0.717, 1.165) is 19.3 Å². The van der Waals surface area contributed by atoms with Gasteiger partial charge in [-0.25, -0.2) is 4.79 Å². The highest BCUT2D eigenvalue weighted by molar-refractivity contribution is 5.77. The van der Waals surface area contributed by atoms with Gasteiger partial charge in [-0.15, -0.1) is 0 Å². The van der Waals surface area contributed by atoms with E-state index in [4.69, 9.17) is 9.84 Å². The molecular formula is C8H14O4. The predicted octanol–water partition coefficient (Wildman–Crippen LogP) is 0.0894. The lowest BCUT2D eigenvalue weighted by atomic mass is 10.1. The first-order valence-corrected chi connectivity index (χ1v) is 4.13. The average Bonchev–Trinajstić information content (AvgIpc) is 2.83. The van der Waals surface area contributed by atoms with Crippen molar-refractivity contribution in [2.75, 3.05) is 13.7 Å². The van der Waals surface area contributed by atoms with E-state index in [9.17, 15) is 4.79 Å². The third-order valence-corrected chi connectivity index (χ3v) is 1.91. The zero-order valence-corrected chi connectivity index (χ0v) is 7.16. The second-order valence-electron chi connectivity index (χ2n) is 2.84. The normalized spacial score (nSPS) is 26.8. The van der Waals surface area contributed by atoms with Crippen LogP contribution in [0.3, 0.4) is 0 Å². The quantitative estimate of drug-likeness (QED) is 0.364. The summed E-state index contributed by atoms with van der Waals surface area (Å²) in [4.78, 5) is 10.8. The molecule has 2 atom stereocenters. The second kappa shape index (κ2) is 4.42. The van der Waals surface area contributed by atoms with Crippen molar-refractivity contribution in [2.45, 2.75) is 31.5 Å². The summed E-state index contributed by atoms with van der Waals surface area (Å²) < 4.78 is 9.56. The number of methoxy groups -OCH3 is 1. The molecule has 0 radical (unpaired) electrons. The van der Waals surface area contributed by atoms with E-state index in [2.05, 4.69) is 4.74 Å². The summed E-state index contributed by atoms with van der Waals surface area (Å²) in [7, 11) is 1.36. The first-order chi connectivity index (χ1) is 5.79. The molecular weight excluding hydrogens is 160 g/mol. The topological polar surface area (TPSA) is 59.1 Å². The molecule has 1 aliphatic rings. The summed E-state index contributed by atoms with van der Waals surface area (Å²) in [6, 6.07) is 0. The zero-order valence-electron chi connectivity index (χ0n) is 7.16. The summed E-state index contributed by atoms with van der Waals surface area (Å²) in [5, 5.41) is 8.49. The minimum absolute atomic E-state index is 0.0315. The van der Waals surface area contributed by atoms with E-state index in [0.29, 0.717) is 0 Å². The molecule has 0 aromatic rings. The molecule has 0 aromatic heterocycles. The predicted molar refractivity (Wildman–Crippen MR) is 41.6 cm³/mol. The molecule has 12 heavy (non-hydrogen) atoms. The standard InChI is InChI=1S/C8H14O4/c1-11-8(10)7-6(12-7)4-2-3-5-9/h6-7,9H,2-5H2,1H3/t6-,7-/m1/s1. The minimum Gasteiger partial charge on any atom is -0.467 e. The Hall–Kier alpha value is -0.610. The van der Waals surface area contributed by atoms with Gasteiger partial charge in [0.05, 0.1) is 13.2 Å². The molecule has 70 valence electrons. The Bertz CT molecular complexity index is 157. The molecule has 4 heteroatoms. The number of aliphatic hydroxyl groups is 1. The van der Waals surface area contributed by atoms with Crippen molar-refractivity contribution < 1.29 is 19.4 Å². The lowest BCUT2D eigenvalue weighted by Gasteiger charge is -1.93. The van der Waals surface area contributed by atoms with Crippen molar-refractivity contribution in [3.63, 3.8) is 0 Å². The fourth-order valence-corrected chi connectivity index (χ4v) is 1.14. The van der Waals surface area contributed by atoms with Crippen LogP contribution in [-0.2, 0) is 14.3 Å². The molecule has 1 fully saturated rings. The number of ether oxygens (including phenoxy) is 2. The number of carbonyl (C=O) groups excluding carboxylic acids is 1. The van der Waals surface area contributed by atoms with E-state index in [1.165, 1.54) is 7.11 Å². The molecule has 1 aliphatic heterocycles. The highest BCUT2D eigenvalue weighted by Crippen LogP contribution is 2.27. The Morgan fingerprint density at radius 2 is 2.33 bits per heavy atom. The Morgan fingerprint density at radius 3 is 2.92 bits per heavy atom. The first kappa shape index (κ1) is 9.48. The van der Waals surface area contributed by atoms with Crippen LogP contribution >= 0.6 is 0 Å². The number of hydrogen-bond donors (Lipinski definition) is 1. The van der Waals surface area contributed by atoms with Crippen LogP contribution in [0.1, 0.15) is 19.3 Å². The molecule has 1 heterocycles. The monoisotopic (exact) mass is 174 g/mol. The summed E-state index contributed by atoms with van der Waals surface area (Å²) in [5.74, 6) is -0.288. The summed E-state index contributed by atoms with van der Waals surface area (Å²) >= 11 is 0. The summed E-state index contributed by atoms with van der Waals surface area (Å²) in [6.07, 6.45) is 2.20. The number of unbranched alkanes of at least 4 members (excludes halogenated alkanes) is 1. The van der Waals surface area contributed by atoms with Crippen molar-refractivity contribution in [3.05, 3.63) is 0 Å². The van der Waals surface area contributed by atoms with E-state index in [-0.39, 0.29) is 24.8 Å². The van der Waals surface area contributed by atoms with Crippen LogP contribution in [0, 0.1) is 0 Å². The van der Waals surface area contributed by atoms with Crippen molar-refractivity contribution in [1.29, 1.82) is 0 Å². The second-order valence-corrected chi connectivity index (χ2v) is 2.84. The van der Waals surface area contributed by atoms with E-state index < -0.39 is 0 Å². The molecule has 0 saturated carbocycles. The molecule has 0 spiro atoms. The molecule has 0 bridgehead atoms. The van der Waals surface area contributed by atoms with Gasteiger partial charge < -0.3 is 14.6 Å². The Morgan fingerprint density at radius 1 is 1.58 bits per heavy atom. The average molecular weight is 174 g/mol. The van der Waals surface area contributed by atoms with Gasteiger partial charge in [0.25, 0.3) is 0 Å². The minimum atomic E-state index is -0.339. The van der Waals surface area contributed by atoms with Crippen LogP contribution in [0.5, 0.6) is 0 Å². The molecule has 0 aromatic carbocycles. The molecule has 1 N–H and O–H groups in total. The number of epoxide rings is 1. The van der Waals surface area contributed by atoms with E-state index in [1.54, 1.807) is 0 Å². The molecule has 0 amide bonds. The van der Waals surface area contributed by atoms with Gasteiger partial charge in [-0.3, -0.25) is 0 Å². The Balaban J connectivity index is 2.04. The smallest absolute Gasteiger partial charge is 0.337 e. The lowest BCUT2D eigenvalue weighted by molar-refractivity contribution is -0.142. The number of esters is 1. The van der Waals surface area contributed by atoms with Crippen LogP contribution in [0.4, 0.5) is 0 Å². The van der Waals surface area contributed by atoms with Crippen molar-refractivity contribution in [2.24, 2.45) is 0 Å². The molecule has 4 nitrogen and oxygen atoms in total. The summed E-state index contributed by atoms with van der Waals surface area (Å²) in [5.41, 5.74) is 0. The maximum Gasteiger partial charge on any atom is 0.337 e. The van der Waals surface area contributed by atoms with Gasteiger partial charge in [0.15, 0.2) is 6.10 Å². The van der Waals surface area contributed by atoms with Crippen LogP contribution < -0.4 is 0 Å². The van der Waals surface area contributed by atoms with Crippen molar-refractivity contribution in [1.82, 2.24) is 0 Å². The van der Waals surface area contributed by atoms with Crippen LogP contribution in [0.25, 0.3) is 0 Å². The Labute approximate surface area is 71.5 Å². The fraction of sp³-hybridized carbons (Fsp3) is 0.875. The number of aliphatic hydroxyl groups excluding tert-OH is 1. The lowest BCUT2D eigenvalue weighted by Crippen LogP contribution is -2.11. The highest BCUT2D eigenvalue weighted by atomic mass is 16.6. The Kier molecular flexibility index (Phi) is 3.49. The molecule has 0 aliphatic carbocycles. The third-order valence-electron chi connectivity index (χ3n) is 1.91. The van der Waals surface area contributed by atoms with Crippen molar-refractivity contribution in [3.8, 4) is 0 Å². The number of hydrogen-bond acceptors (Lipinski definition) is 4. The summed E-state index contributed by atoms with van der Waals surface area (Å²) in [6.45, 7) is 0.204. The number of rotatable bonds is 5. The fourth-order valence-electron chi connectivity index (χ4n) is 1.14. The molecule has 1 saturated heterocycles. The first-order valence-electron chi connectivity index (χ1n) is 4.13. The van der Waals surface area contributed by atoms with Gasteiger partial charge in [0, 0.05) is 6.61 Å². The van der Waals surface area contributed by atoms with Crippen LogP contribution in [-0.4, -0.2) is 37.0 Å².